The number of hydrogen-bond acceptors (Lipinski definition) is 4. The van der Waals surface area contributed by atoms with Crippen molar-refractivity contribution in [2.24, 2.45) is 0 Å². The third kappa shape index (κ3) is 6.55. The number of aryl methyl sites for hydroxylation is 3. The van der Waals surface area contributed by atoms with Gasteiger partial charge in [0.25, 0.3) is 0 Å². The van der Waals surface area contributed by atoms with E-state index in [0.29, 0.717) is 25.1 Å². The monoisotopic (exact) mass is 452 g/mol. The number of carbonyl (C=O) groups excluding carboxylic acids is 1. The summed E-state index contributed by atoms with van der Waals surface area (Å²) in [5, 5.41) is 2.83. The van der Waals surface area contributed by atoms with Crippen molar-refractivity contribution in [3.8, 4) is 0 Å². The molecule has 0 saturated carbocycles. The van der Waals surface area contributed by atoms with E-state index in [1.54, 1.807) is 0 Å². The predicted molar refractivity (Wildman–Crippen MR) is 121 cm³/mol. The topological polar surface area (TPSA) is 75.3 Å². The van der Waals surface area contributed by atoms with Crippen molar-refractivity contribution in [3.63, 3.8) is 0 Å². The summed E-state index contributed by atoms with van der Waals surface area (Å²) in [6.07, 6.45) is 2.84. The Labute approximate surface area is 182 Å². The molecule has 0 heterocycles. The second-order valence-corrected chi connectivity index (χ2v) is 9.97. The first-order chi connectivity index (χ1) is 14.2. The Hall–Kier alpha value is -1.90. The number of benzene rings is 2. The Morgan fingerprint density at radius 3 is 2.37 bits per heavy atom. The van der Waals surface area contributed by atoms with Gasteiger partial charge in [-0.05, 0) is 74.4 Å². The molecule has 1 amide bonds. The predicted octanol–water partition coefficient (Wildman–Crippen LogP) is 3.51. The van der Waals surface area contributed by atoms with Crippen molar-refractivity contribution in [3.05, 3.63) is 64.5 Å². The molecule has 164 valence electrons. The zero-order chi connectivity index (χ0) is 22.3. The maximum Gasteiger partial charge on any atom is 0.244 e. The molecule has 8 heteroatoms. The molecule has 30 heavy (non-hydrogen) atoms. The van der Waals surface area contributed by atoms with Gasteiger partial charge in [-0.15, -0.1) is 0 Å². The standard InChI is InChI=1S/C22H29FN2O3S2/c1-15-13-16(2)18(17(3)14-15)9-11-24-22(26)20(10-12-29-4)25-30(27,28)21-8-6-5-7-19(21)23/h5-8,13-14,20,25H,9-12H2,1-4H3,(H,24,26). The molecule has 2 N–H and O–H groups in total. The summed E-state index contributed by atoms with van der Waals surface area (Å²) < 4.78 is 41.5. The molecule has 0 bridgehead atoms. The molecular formula is C22H29FN2O3S2. The van der Waals surface area contributed by atoms with E-state index in [1.165, 1.54) is 52.2 Å². The van der Waals surface area contributed by atoms with Crippen LogP contribution in [0.25, 0.3) is 0 Å². The van der Waals surface area contributed by atoms with Crippen LogP contribution in [0.15, 0.2) is 41.3 Å². The Bertz CT molecular complexity index is 971. The van der Waals surface area contributed by atoms with E-state index < -0.39 is 32.7 Å². The van der Waals surface area contributed by atoms with E-state index in [4.69, 9.17) is 0 Å². The van der Waals surface area contributed by atoms with Gasteiger partial charge in [-0.3, -0.25) is 4.79 Å². The second kappa shape index (κ2) is 10.9. The highest BCUT2D eigenvalue weighted by atomic mass is 32.2. The van der Waals surface area contributed by atoms with Crippen LogP contribution < -0.4 is 10.0 Å². The molecule has 0 radical (unpaired) electrons. The highest BCUT2D eigenvalue weighted by Crippen LogP contribution is 2.17. The molecule has 2 aromatic rings. The number of amides is 1. The Morgan fingerprint density at radius 2 is 1.77 bits per heavy atom. The minimum Gasteiger partial charge on any atom is -0.354 e. The highest BCUT2D eigenvalue weighted by Gasteiger charge is 2.27. The van der Waals surface area contributed by atoms with Crippen LogP contribution in [0, 0.1) is 26.6 Å². The van der Waals surface area contributed by atoms with Gasteiger partial charge in [0.2, 0.25) is 15.9 Å². The Kier molecular flexibility index (Phi) is 8.88. The first kappa shape index (κ1) is 24.4. The number of sulfonamides is 1. The summed E-state index contributed by atoms with van der Waals surface area (Å²) in [5.74, 6) is -0.667. The average molecular weight is 453 g/mol. The molecule has 0 aliphatic heterocycles. The number of hydrogen-bond donors (Lipinski definition) is 2. The lowest BCUT2D eigenvalue weighted by molar-refractivity contribution is -0.122. The van der Waals surface area contributed by atoms with E-state index in [0.717, 1.165) is 6.07 Å². The van der Waals surface area contributed by atoms with Crippen LogP contribution in [-0.2, 0) is 21.2 Å². The van der Waals surface area contributed by atoms with Crippen LogP contribution in [0.3, 0.4) is 0 Å². The van der Waals surface area contributed by atoms with Crippen LogP contribution in [0.2, 0.25) is 0 Å². The van der Waals surface area contributed by atoms with Crippen molar-refractivity contribution in [2.45, 2.75) is 44.6 Å². The number of halogens is 1. The van der Waals surface area contributed by atoms with Gasteiger partial charge in [0, 0.05) is 6.54 Å². The van der Waals surface area contributed by atoms with Crippen molar-refractivity contribution in [1.29, 1.82) is 0 Å². The molecule has 0 saturated heterocycles. The molecule has 1 unspecified atom stereocenters. The highest BCUT2D eigenvalue weighted by molar-refractivity contribution is 7.98. The average Bonchev–Trinajstić information content (AvgIpc) is 2.67. The third-order valence-corrected chi connectivity index (χ3v) is 7.01. The van der Waals surface area contributed by atoms with Crippen LogP contribution in [-0.4, -0.2) is 38.9 Å². The summed E-state index contributed by atoms with van der Waals surface area (Å²) in [5.41, 5.74) is 4.70. The largest absolute Gasteiger partial charge is 0.354 e. The van der Waals surface area contributed by atoms with E-state index >= 15 is 0 Å². The van der Waals surface area contributed by atoms with Crippen LogP contribution in [0.5, 0.6) is 0 Å². The van der Waals surface area contributed by atoms with Crippen molar-refractivity contribution < 1.29 is 17.6 Å². The molecule has 2 rings (SSSR count). The normalized spacial score (nSPS) is 12.6. The summed E-state index contributed by atoms with van der Waals surface area (Å²) in [6.45, 7) is 6.52. The first-order valence-electron chi connectivity index (χ1n) is 9.76. The maximum absolute atomic E-state index is 14.0. The van der Waals surface area contributed by atoms with E-state index in [2.05, 4.69) is 22.2 Å². The Morgan fingerprint density at radius 1 is 1.13 bits per heavy atom. The van der Waals surface area contributed by atoms with Gasteiger partial charge in [-0.25, -0.2) is 12.8 Å². The SMILES string of the molecule is CSCCC(NS(=O)(=O)c1ccccc1F)C(=O)NCCc1c(C)cc(C)cc1C. The maximum atomic E-state index is 14.0. The number of rotatable bonds is 10. The summed E-state index contributed by atoms with van der Waals surface area (Å²) in [6, 6.07) is 8.37. The fourth-order valence-electron chi connectivity index (χ4n) is 3.43. The summed E-state index contributed by atoms with van der Waals surface area (Å²) in [7, 11) is -4.16. The minimum absolute atomic E-state index is 0.309. The smallest absolute Gasteiger partial charge is 0.244 e. The van der Waals surface area contributed by atoms with Gasteiger partial charge in [-0.2, -0.15) is 16.5 Å². The van der Waals surface area contributed by atoms with E-state index in [-0.39, 0.29) is 0 Å². The first-order valence-corrected chi connectivity index (χ1v) is 12.6. The summed E-state index contributed by atoms with van der Waals surface area (Å²) >= 11 is 1.51. The fraction of sp³-hybridized carbons (Fsp3) is 0.409. The third-order valence-electron chi connectivity index (χ3n) is 4.87. The number of nitrogens with one attached hydrogen (secondary N) is 2. The second-order valence-electron chi connectivity index (χ2n) is 7.30. The van der Waals surface area contributed by atoms with Crippen molar-refractivity contribution in [1.82, 2.24) is 10.0 Å². The van der Waals surface area contributed by atoms with Gasteiger partial charge >= 0.3 is 0 Å². The lowest BCUT2D eigenvalue weighted by atomic mass is 9.97. The zero-order valence-electron chi connectivity index (χ0n) is 17.8. The Balaban J connectivity index is 2.08. The lowest BCUT2D eigenvalue weighted by Gasteiger charge is -2.19. The molecule has 0 aromatic heterocycles. The summed E-state index contributed by atoms with van der Waals surface area (Å²) in [4.78, 5) is 12.3. The van der Waals surface area contributed by atoms with Crippen molar-refractivity contribution in [2.75, 3.05) is 18.6 Å². The van der Waals surface area contributed by atoms with Gasteiger partial charge in [-0.1, -0.05) is 29.8 Å². The van der Waals surface area contributed by atoms with Crippen LogP contribution in [0.4, 0.5) is 4.39 Å². The van der Waals surface area contributed by atoms with Crippen molar-refractivity contribution >= 4 is 27.7 Å². The molecule has 0 fully saturated rings. The quantitative estimate of drug-likeness (QED) is 0.579. The minimum atomic E-state index is -4.16. The molecule has 5 nitrogen and oxygen atoms in total. The van der Waals surface area contributed by atoms with E-state index in [1.807, 2.05) is 27.0 Å². The molecule has 0 aliphatic carbocycles. The van der Waals surface area contributed by atoms with E-state index in [9.17, 15) is 17.6 Å². The fourth-order valence-corrected chi connectivity index (χ4v) is 5.21. The van der Waals surface area contributed by atoms with Gasteiger partial charge in [0.1, 0.15) is 16.8 Å². The van der Waals surface area contributed by atoms with Gasteiger partial charge < -0.3 is 5.32 Å². The lowest BCUT2D eigenvalue weighted by Crippen LogP contribution is -2.47. The van der Waals surface area contributed by atoms with Crippen LogP contribution >= 0.6 is 11.8 Å². The number of carbonyl (C=O) groups is 1. The van der Waals surface area contributed by atoms with Gasteiger partial charge in [0.05, 0.1) is 0 Å². The number of thioether (sulfide) groups is 1. The zero-order valence-corrected chi connectivity index (χ0v) is 19.4. The van der Waals surface area contributed by atoms with Crippen LogP contribution in [0.1, 0.15) is 28.7 Å². The van der Waals surface area contributed by atoms with Gasteiger partial charge in [0.15, 0.2) is 0 Å². The molecule has 2 aromatic carbocycles. The molecule has 1 atom stereocenters. The molecule has 0 aliphatic rings. The molecular weight excluding hydrogens is 423 g/mol. The molecule has 0 spiro atoms.